The van der Waals surface area contributed by atoms with Gasteiger partial charge in [0.1, 0.15) is 12.4 Å². The molecule has 2 rings (SSSR count). The monoisotopic (exact) mass is 248 g/mol. The number of nitrogens with two attached hydrogens (primary N) is 1. The van der Waals surface area contributed by atoms with Crippen LogP contribution in [0, 0.1) is 0 Å². The minimum Gasteiger partial charge on any atom is -0.486 e. The maximum absolute atomic E-state index is 5.98. The van der Waals surface area contributed by atoms with Crippen molar-refractivity contribution in [3.8, 4) is 5.75 Å². The van der Waals surface area contributed by atoms with E-state index >= 15 is 0 Å². The standard InChI is InChI=1S/C13H13ClN2O/c14-12-6-1-2-7-13(12)17-9-11-5-3-4-10(8-15)16-11/h1-7H,8-9,15H2. The quantitative estimate of drug-likeness (QED) is 0.905. The summed E-state index contributed by atoms with van der Waals surface area (Å²) in [4.78, 5) is 4.34. The summed E-state index contributed by atoms with van der Waals surface area (Å²) in [6, 6.07) is 13.1. The van der Waals surface area contributed by atoms with Gasteiger partial charge in [-0.15, -0.1) is 0 Å². The van der Waals surface area contributed by atoms with Crippen molar-refractivity contribution in [2.24, 2.45) is 5.73 Å². The molecule has 0 aliphatic rings. The summed E-state index contributed by atoms with van der Waals surface area (Å²) in [5.41, 5.74) is 7.22. The fourth-order valence-electron chi connectivity index (χ4n) is 1.44. The molecule has 0 atom stereocenters. The zero-order chi connectivity index (χ0) is 12.1. The van der Waals surface area contributed by atoms with Crippen molar-refractivity contribution in [1.29, 1.82) is 0 Å². The summed E-state index contributed by atoms with van der Waals surface area (Å²) < 4.78 is 5.59. The Bertz CT molecular complexity index is 502. The maximum atomic E-state index is 5.98. The second-order valence-electron chi connectivity index (χ2n) is 3.54. The molecule has 0 aliphatic heterocycles. The number of pyridine rings is 1. The van der Waals surface area contributed by atoms with Crippen molar-refractivity contribution in [1.82, 2.24) is 4.98 Å². The molecule has 4 heteroatoms. The van der Waals surface area contributed by atoms with E-state index in [0.29, 0.717) is 23.9 Å². The minimum absolute atomic E-state index is 0.386. The molecule has 0 unspecified atom stereocenters. The number of benzene rings is 1. The van der Waals surface area contributed by atoms with E-state index in [1.807, 2.05) is 36.4 Å². The van der Waals surface area contributed by atoms with E-state index in [9.17, 15) is 0 Å². The molecule has 0 bridgehead atoms. The molecule has 0 spiro atoms. The Labute approximate surface area is 105 Å². The summed E-state index contributed by atoms with van der Waals surface area (Å²) in [7, 11) is 0. The van der Waals surface area contributed by atoms with Gasteiger partial charge in [-0.25, -0.2) is 0 Å². The first-order valence-electron chi connectivity index (χ1n) is 5.32. The summed E-state index contributed by atoms with van der Waals surface area (Å²) >= 11 is 5.98. The number of ether oxygens (including phenoxy) is 1. The lowest BCUT2D eigenvalue weighted by molar-refractivity contribution is 0.301. The van der Waals surface area contributed by atoms with Gasteiger partial charge in [0.15, 0.2) is 0 Å². The molecular formula is C13H13ClN2O. The number of rotatable bonds is 4. The van der Waals surface area contributed by atoms with Crippen LogP contribution in [0.15, 0.2) is 42.5 Å². The molecule has 1 aromatic carbocycles. The molecule has 88 valence electrons. The van der Waals surface area contributed by atoms with Crippen LogP contribution in [0.25, 0.3) is 0 Å². The third-order valence-electron chi connectivity index (χ3n) is 2.29. The average molecular weight is 249 g/mol. The molecule has 2 aromatic rings. The molecule has 2 N–H and O–H groups in total. The molecule has 17 heavy (non-hydrogen) atoms. The summed E-state index contributed by atoms with van der Waals surface area (Å²) in [6.07, 6.45) is 0. The molecule has 0 saturated heterocycles. The normalized spacial score (nSPS) is 10.2. The highest BCUT2D eigenvalue weighted by atomic mass is 35.5. The Morgan fingerprint density at radius 3 is 2.59 bits per heavy atom. The fourth-order valence-corrected chi connectivity index (χ4v) is 1.63. The molecular weight excluding hydrogens is 236 g/mol. The van der Waals surface area contributed by atoms with Crippen molar-refractivity contribution in [3.05, 3.63) is 58.9 Å². The SMILES string of the molecule is NCc1cccc(COc2ccccc2Cl)n1. The van der Waals surface area contributed by atoms with E-state index in [2.05, 4.69) is 4.98 Å². The van der Waals surface area contributed by atoms with Gasteiger partial charge in [0.25, 0.3) is 0 Å². The Hall–Kier alpha value is -1.58. The Balaban J connectivity index is 2.05. The van der Waals surface area contributed by atoms with Gasteiger partial charge >= 0.3 is 0 Å². The van der Waals surface area contributed by atoms with Crippen molar-refractivity contribution in [3.63, 3.8) is 0 Å². The number of para-hydroxylation sites is 1. The maximum Gasteiger partial charge on any atom is 0.138 e. The van der Waals surface area contributed by atoms with E-state index in [1.54, 1.807) is 6.07 Å². The van der Waals surface area contributed by atoms with Crippen molar-refractivity contribution in [2.45, 2.75) is 13.2 Å². The second-order valence-corrected chi connectivity index (χ2v) is 3.95. The lowest BCUT2D eigenvalue weighted by Crippen LogP contribution is -2.04. The molecule has 1 heterocycles. The van der Waals surface area contributed by atoms with E-state index in [0.717, 1.165) is 11.4 Å². The predicted molar refractivity (Wildman–Crippen MR) is 67.9 cm³/mol. The van der Waals surface area contributed by atoms with Crippen LogP contribution in [-0.4, -0.2) is 4.98 Å². The van der Waals surface area contributed by atoms with Gasteiger partial charge < -0.3 is 10.5 Å². The average Bonchev–Trinajstić information content (AvgIpc) is 2.38. The van der Waals surface area contributed by atoms with Crippen molar-refractivity contribution >= 4 is 11.6 Å². The third-order valence-corrected chi connectivity index (χ3v) is 2.60. The fraction of sp³-hybridized carbons (Fsp3) is 0.154. The van der Waals surface area contributed by atoms with Crippen LogP contribution >= 0.6 is 11.6 Å². The van der Waals surface area contributed by atoms with Crippen molar-refractivity contribution < 1.29 is 4.74 Å². The molecule has 0 amide bonds. The van der Waals surface area contributed by atoms with E-state index in [1.165, 1.54) is 0 Å². The predicted octanol–water partition coefficient (Wildman–Crippen LogP) is 2.77. The second kappa shape index (κ2) is 5.66. The van der Waals surface area contributed by atoms with Crippen LogP contribution in [0.5, 0.6) is 5.75 Å². The molecule has 0 radical (unpaired) electrons. The Kier molecular flexibility index (Phi) is 3.96. The number of nitrogens with zero attached hydrogens (tertiary/aromatic N) is 1. The highest BCUT2D eigenvalue weighted by Crippen LogP contribution is 2.23. The topological polar surface area (TPSA) is 48.1 Å². The smallest absolute Gasteiger partial charge is 0.138 e. The molecule has 0 fully saturated rings. The summed E-state index contributed by atoms with van der Waals surface area (Å²) in [5, 5.41) is 0.600. The summed E-state index contributed by atoms with van der Waals surface area (Å²) in [6.45, 7) is 0.817. The van der Waals surface area contributed by atoms with Crippen LogP contribution in [0.3, 0.4) is 0 Å². The van der Waals surface area contributed by atoms with Gasteiger partial charge in [0.05, 0.1) is 16.4 Å². The third kappa shape index (κ3) is 3.19. The first-order valence-corrected chi connectivity index (χ1v) is 5.69. The first-order chi connectivity index (χ1) is 8.29. The summed E-state index contributed by atoms with van der Waals surface area (Å²) in [5.74, 6) is 0.661. The Morgan fingerprint density at radius 2 is 1.82 bits per heavy atom. The lowest BCUT2D eigenvalue weighted by Gasteiger charge is -2.07. The van der Waals surface area contributed by atoms with Crippen LogP contribution in [0.2, 0.25) is 5.02 Å². The largest absolute Gasteiger partial charge is 0.486 e. The van der Waals surface area contributed by atoms with E-state index in [4.69, 9.17) is 22.1 Å². The van der Waals surface area contributed by atoms with Crippen LogP contribution in [-0.2, 0) is 13.2 Å². The molecule has 1 aromatic heterocycles. The van der Waals surface area contributed by atoms with Crippen molar-refractivity contribution in [2.75, 3.05) is 0 Å². The zero-order valence-electron chi connectivity index (χ0n) is 9.27. The van der Waals surface area contributed by atoms with Gasteiger partial charge in [0, 0.05) is 6.54 Å². The van der Waals surface area contributed by atoms with Gasteiger partial charge in [0.2, 0.25) is 0 Å². The molecule has 3 nitrogen and oxygen atoms in total. The number of halogens is 1. The van der Waals surface area contributed by atoms with Gasteiger partial charge in [-0.05, 0) is 24.3 Å². The minimum atomic E-state index is 0.386. The highest BCUT2D eigenvalue weighted by Gasteiger charge is 2.01. The lowest BCUT2D eigenvalue weighted by atomic mass is 10.3. The molecule has 0 saturated carbocycles. The van der Waals surface area contributed by atoms with Gasteiger partial charge in [-0.1, -0.05) is 29.8 Å². The first kappa shape index (κ1) is 11.9. The van der Waals surface area contributed by atoms with E-state index < -0.39 is 0 Å². The Morgan fingerprint density at radius 1 is 1.06 bits per heavy atom. The van der Waals surface area contributed by atoms with Crippen LogP contribution < -0.4 is 10.5 Å². The molecule has 0 aliphatic carbocycles. The number of hydrogen-bond donors (Lipinski definition) is 1. The van der Waals surface area contributed by atoms with Crippen LogP contribution in [0.1, 0.15) is 11.4 Å². The number of aromatic nitrogens is 1. The number of hydrogen-bond acceptors (Lipinski definition) is 3. The van der Waals surface area contributed by atoms with Gasteiger partial charge in [-0.3, -0.25) is 4.98 Å². The van der Waals surface area contributed by atoms with E-state index in [-0.39, 0.29) is 0 Å². The van der Waals surface area contributed by atoms with Gasteiger partial charge in [-0.2, -0.15) is 0 Å². The van der Waals surface area contributed by atoms with Crippen LogP contribution in [0.4, 0.5) is 0 Å². The highest BCUT2D eigenvalue weighted by molar-refractivity contribution is 6.32. The zero-order valence-corrected chi connectivity index (χ0v) is 10.0.